The van der Waals surface area contributed by atoms with Crippen molar-refractivity contribution in [3.05, 3.63) is 60.2 Å². The molecule has 36 heavy (non-hydrogen) atoms. The van der Waals surface area contributed by atoms with E-state index in [9.17, 15) is 0 Å². The minimum absolute atomic E-state index is 0. The van der Waals surface area contributed by atoms with Gasteiger partial charge in [0.15, 0.2) is 0 Å². The highest BCUT2D eigenvalue weighted by atomic mass is 35.5. The van der Waals surface area contributed by atoms with Crippen LogP contribution in [0.4, 0.5) is 11.8 Å². The largest absolute Gasteiger partial charge is 0.381 e. The molecule has 0 saturated carbocycles. The van der Waals surface area contributed by atoms with Gasteiger partial charge >= 0.3 is 0 Å². The van der Waals surface area contributed by atoms with E-state index in [1.54, 1.807) is 6.33 Å². The second-order valence-corrected chi connectivity index (χ2v) is 9.23. The van der Waals surface area contributed by atoms with Crippen LogP contribution in [0.25, 0.3) is 22.3 Å². The first-order chi connectivity index (χ1) is 17.3. The molecule has 10 heteroatoms. The predicted molar refractivity (Wildman–Crippen MR) is 143 cm³/mol. The third-order valence-electron chi connectivity index (χ3n) is 6.79. The summed E-state index contributed by atoms with van der Waals surface area (Å²) in [5.41, 5.74) is 6.15. The maximum Gasteiger partial charge on any atom is 0.206 e. The fraction of sp³-hybridized carbons (Fsp3) is 0.385. The summed E-state index contributed by atoms with van der Waals surface area (Å²) in [5, 5.41) is 6.74. The second kappa shape index (κ2) is 11.3. The molecule has 0 amide bonds. The van der Waals surface area contributed by atoms with Crippen LogP contribution in [0.2, 0.25) is 0 Å². The molecule has 9 nitrogen and oxygen atoms in total. The van der Waals surface area contributed by atoms with Crippen LogP contribution >= 0.6 is 12.4 Å². The van der Waals surface area contributed by atoms with Crippen LogP contribution in [-0.2, 0) is 11.3 Å². The van der Waals surface area contributed by atoms with Gasteiger partial charge in [-0.3, -0.25) is 4.90 Å². The molecule has 0 unspecified atom stereocenters. The summed E-state index contributed by atoms with van der Waals surface area (Å²) in [6.45, 7) is 6.75. The molecule has 6 rings (SSSR count). The molecular weight excluding hydrogens is 476 g/mol. The molecule has 2 fully saturated rings. The molecule has 2 aliphatic rings. The van der Waals surface area contributed by atoms with Crippen LogP contribution in [0.3, 0.4) is 0 Å². The lowest BCUT2D eigenvalue weighted by atomic mass is 9.95. The molecule has 0 radical (unpaired) electrons. The number of hydrogen-bond acceptors (Lipinski definition) is 8. The summed E-state index contributed by atoms with van der Waals surface area (Å²) in [7, 11) is 0. The molecular formula is C26H31ClN8O. The second-order valence-electron chi connectivity index (χ2n) is 9.23. The molecule has 3 N–H and O–H groups in total. The van der Waals surface area contributed by atoms with Gasteiger partial charge in [-0.1, -0.05) is 6.07 Å². The van der Waals surface area contributed by atoms with Gasteiger partial charge in [-0.25, -0.2) is 19.9 Å². The number of fused-ring (bicyclic) bond motifs is 1. The van der Waals surface area contributed by atoms with Crippen LogP contribution in [0.5, 0.6) is 0 Å². The molecule has 1 aromatic carbocycles. The molecule has 3 aromatic heterocycles. The summed E-state index contributed by atoms with van der Waals surface area (Å²) in [5.74, 6) is 1.90. The number of imidazole rings is 1. The predicted octanol–water partition coefficient (Wildman–Crippen LogP) is 3.88. The number of anilines is 2. The van der Waals surface area contributed by atoms with Crippen LogP contribution < -0.4 is 10.6 Å². The van der Waals surface area contributed by atoms with Crippen molar-refractivity contribution in [2.75, 3.05) is 44.7 Å². The normalized spacial score (nSPS) is 17.1. The Balaban J connectivity index is 0.00000267. The number of nitrogens with one attached hydrogen (secondary N) is 3. The van der Waals surface area contributed by atoms with E-state index in [2.05, 4.69) is 65.8 Å². The highest BCUT2D eigenvalue weighted by Crippen LogP contribution is 2.29. The number of benzene rings is 1. The van der Waals surface area contributed by atoms with Crippen LogP contribution in [0, 0.1) is 0 Å². The number of nitrogens with zero attached hydrogens (tertiary/aromatic N) is 5. The quantitative estimate of drug-likeness (QED) is 0.362. The van der Waals surface area contributed by atoms with Crippen molar-refractivity contribution in [2.24, 2.45) is 0 Å². The average molecular weight is 507 g/mol. The molecule has 5 heterocycles. The minimum atomic E-state index is 0. The lowest BCUT2D eigenvalue weighted by molar-refractivity contribution is 0.0845. The molecule has 0 spiro atoms. The first kappa shape index (κ1) is 24.6. The lowest BCUT2D eigenvalue weighted by Crippen LogP contribution is -2.42. The van der Waals surface area contributed by atoms with Crippen molar-refractivity contribution >= 4 is 35.2 Å². The van der Waals surface area contributed by atoms with E-state index < -0.39 is 0 Å². The third kappa shape index (κ3) is 5.65. The van der Waals surface area contributed by atoms with Gasteiger partial charge in [-0.05, 0) is 48.7 Å². The first-order valence-corrected chi connectivity index (χ1v) is 12.3. The Morgan fingerprint density at radius 1 is 1.00 bits per heavy atom. The Morgan fingerprint density at radius 2 is 1.86 bits per heavy atom. The Bertz CT molecular complexity index is 1300. The van der Waals surface area contributed by atoms with Gasteiger partial charge in [0, 0.05) is 69.3 Å². The Morgan fingerprint density at radius 3 is 2.72 bits per heavy atom. The van der Waals surface area contributed by atoms with E-state index in [1.807, 2.05) is 12.3 Å². The highest BCUT2D eigenvalue weighted by Gasteiger charge is 2.18. The number of aromatic amines is 1. The molecule has 188 valence electrons. The van der Waals surface area contributed by atoms with Crippen molar-refractivity contribution in [3.8, 4) is 11.3 Å². The van der Waals surface area contributed by atoms with Gasteiger partial charge in [-0.2, -0.15) is 0 Å². The van der Waals surface area contributed by atoms with E-state index in [4.69, 9.17) is 9.72 Å². The van der Waals surface area contributed by atoms with Crippen molar-refractivity contribution in [1.29, 1.82) is 0 Å². The van der Waals surface area contributed by atoms with E-state index in [-0.39, 0.29) is 12.4 Å². The van der Waals surface area contributed by atoms with E-state index in [0.29, 0.717) is 11.9 Å². The van der Waals surface area contributed by atoms with Gasteiger partial charge in [0.2, 0.25) is 5.95 Å². The van der Waals surface area contributed by atoms with Gasteiger partial charge in [0.25, 0.3) is 0 Å². The molecule has 2 saturated heterocycles. The molecule has 0 bridgehead atoms. The van der Waals surface area contributed by atoms with Gasteiger partial charge in [0.05, 0.1) is 16.7 Å². The number of ether oxygens (including phenoxy) is 1. The molecule has 0 aliphatic carbocycles. The fourth-order valence-electron chi connectivity index (χ4n) is 4.86. The fourth-order valence-corrected chi connectivity index (χ4v) is 4.86. The molecule has 0 atom stereocenters. The van der Waals surface area contributed by atoms with Crippen LogP contribution in [-0.4, -0.2) is 69.2 Å². The number of pyridine rings is 1. The Labute approximate surface area is 216 Å². The zero-order valence-electron chi connectivity index (χ0n) is 20.1. The summed E-state index contributed by atoms with van der Waals surface area (Å²) < 4.78 is 5.50. The number of aromatic nitrogens is 5. The number of piperazine rings is 1. The smallest absolute Gasteiger partial charge is 0.206 e. The van der Waals surface area contributed by atoms with Crippen molar-refractivity contribution in [1.82, 2.24) is 35.1 Å². The van der Waals surface area contributed by atoms with Gasteiger partial charge in [-0.15, -0.1) is 12.4 Å². The number of rotatable bonds is 6. The minimum Gasteiger partial charge on any atom is -0.381 e. The van der Waals surface area contributed by atoms with Crippen LogP contribution in [0.15, 0.2) is 48.9 Å². The topological polar surface area (TPSA) is 104 Å². The van der Waals surface area contributed by atoms with E-state index in [0.717, 1.165) is 92.6 Å². The Kier molecular flexibility index (Phi) is 7.72. The van der Waals surface area contributed by atoms with Crippen molar-refractivity contribution in [2.45, 2.75) is 25.3 Å². The maximum atomic E-state index is 5.50. The SMILES string of the molecule is Cl.c1cc(CN2CCNCC2)cc(Nc2nc3ccc(-c4cc(C5CCOCC5)ncn4)cc3[nH]2)n1. The zero-order valence-corrected chi connectivity index (χ0v) is 20.9. The monoisotopic (exact) mass is 506 g/mol. The first-order valence-electron chi connectivity index (χ1n) is 12.3. The van der Waals surface area contributed by atoms with Gasteiger partial charge in [0.1, 0.15) is 12.1 Å². The number of hydrogen-bond donors (Lipinski definition) is 3. The summed E-state index contributed by atoms with van der Waals surface area (Å²) >= 11 is 0. The van der Waals surface area contributed by atoms with E-state index >= 15 is 0 Å². The zero-order chi connectivity index (χ0) is 23.5. The summed E-state index contributed by atoms with van der Waals surface area (Å²) in [6.07, 6.45) is 5.54. The molecule has 4 aromatic rings. The maximum absolute atomic E-state index is 5.50. The Hall–Kier alpha value is -3.11. The highest BCUT2D eigenvalue weighted by molar-refractivity contribution is 5.85. The van der Waals surface area contributed by atoms with Crippen molar-refractivity contribution in [3.63, 3.8) is 0 Å². The number of halogens is 1. The number of H-pyrrole nitrogens is 1. The molecule has 2 aliphatic heterocycles. The van der Waals surface area contributed by atoms with Crippen molar-refractivity contribution < 1.29 is 4.74 Å². The van der Waals surface area contributed by atoms with Gasteiger partial charge < -0.3 is 20.4 Å². The van der Waals surface area contributed by atoms with E-state index in [1.165, 1.54) is 5.56 Å². The standard InChI is InChI=1S/C26H30N8O.ClH/c1-2-21-24(14-20(1)23-15-22(29-17-30-23)19-4-11-35-12-5-19)32-26(31-21)33-25-13-18(3-6-28-25)16-34-9-7-27-8-10-34;/h1-3,6,13-15,17,19,27H,4-5,7-12,16H2,(H2,28,31,32,33);1H. The average Bonchev–Trinajstić information content (AvgIpc) is 3.31. The van der Waals surface area contributed by atoms with Crippen LogP contribution in [0.1, 0.15) is 30.0 Å². The summed E-state index contributed by atoms with van der Waals surface area (Å²) in [6, 6.07) is 12.5. The third-order valence-corrected chi connectivity index (χ3v) is 6.79. The lowest BCUT2D eigenvalue weighted by Gasteiger charge is -2.27. The summed E-state index contributed by atoms with van der Waals surface area (Å²) in [4.78, 5) is 24.1.